The standard InChI is InChI=1S/C46H77NO17/c1-13-33-30(22-58-45-42(57-12)41(56-11)37(52)26(5)60-45)18-23(2)14-15-31(49)24(3)19-29(16-17-48)39(25(4)32(50)20-34(51)62-33)64-44-38(53)36(47(9)10)40(27(6)61-44)63-35-21-46(8,55)43(54)28(7)59-35/h14-15,17-18,24-30,32-33,35-45,50,52-55H,13,16,19-22H2,1-12H3/t24-,25+,26-,27-,28+,29+,30-,32-,33-,35+,36+,37-,38-,39+,40-,41-,42-,43+,44-,45-,46-/m1/s1. The van der Waals surface area contributed by atoms with Gasteiger partial charge in [0.15, 0.2) is 24.7 Å². The number of carbonyl (C=O) groups is 3. The van der Waals surface area contributed by atoms with Gasteiger partial charge in [-0.1, -0.05) is 38.5 Å². The number of methoxy groups -OCH3 is 2. The van der Waals surface area contributed by atoms with Gasteiger partial charge in [0.05, 0.1) is 55.2 Å². The number of aldehydes is 1. The van der Waals surface area contributed by atoms with E-state index in [-0.39, 0.29) is 31.7 Å². The predicted molar refractivity (Wildman–Crippen MR) is 230 cm³/mol. The summed E-state index contributed by atoms with van der Waals surface area (Å²) in [5, 5.41) is 55.8. The van der Waals surface area contributed by atoms with E-state index in [1.54, 1.807) is 59.7 Å². The third-order valence-electron chi connectivity index (χ3n) is 13.4. The average Bonchev–Trinajstić information content (AvgIpc) is 3.23. The van der Waals surface area contributed by atoms with Crippen molar-refractivity contribution >= 4 is 18.0 Å². The molecule has 0 aromatic heterocycles. The van der Waals surface area contributed by atoms with E-state index < -0.39 is 140 Å². The number of ketones is 1. The number of cyclic esters (lactones) is 1. The quantitative estimate of drug-likeness (QED) is 0.131. The number of allylic oxidation sites excluding steroid dienone is 3. The zero-order chi connectivity index (χ0) is 47.8. The lowest BCUT2D eigenvalue weighted by molar-refractivity contribution is -0.341. The van der Waals surface area contributed by atoms with Crippen LogP contribution in [0.3, 0.4) is 0 Å². The molecule has 0 radical (unpaired) electrons. The van der Waals surface area contributed by atoms with Gasteiger partial charge in [-0.3, -0.25) is 9.59 Å². The van der Waals surface area contributed by atoms with Crippen LogP contribution in [0.2, 0.25) is 0 Å². The Hall–Kier alpha value is -2.27. The summed E-state index contributed by atoms with van der Waals surface area (Å²) in [5.74, 6) is -3.59. The van der Waals surface area contributed by atoms with Crippen LogP contribution < -0.4 is 0 Å². The largest absolute Gasteiger partial charge is 0.462 e. The van der Waals surface area contributed by atoms with Crippen LogP contribution in [0.15, 0.2) is 23.8 Å². The van der Waals surface area contributed by atoms with Crippen LogP contribution in [0.25, 0.3) is 0 Å². The molecular weight excluding hydrogens is 838 g/mol. The van der Waals surface area contributed by atoms with Crippen molar-refractivity contribution in [1.82, 2.24) is 4.90 Å². The molecule has 0 aromatic carbocycles. The molecule has 3 saturated heterocycles. The lowest BCUT2D eigenvalue weighted by atomic mass is 9.79. The fourth-order valence-corrected chi connectivity index (χ4v) is 9.51. The van der Waals surface area contributed by atoms with Crippen molar-refractivity contribution < 1.29 is 82.5 Å². The highest BCUT2D eigenvalue weighted by Gasteiger charge is 2.52. The fourth-order valence-electron chi connectivity index (χ4n) is 9.51. The van der Waals surface area contributed by atoms with Crippen molar-refractivity contribution in [3.8, 4) is 0 Å². The summed E-state index contributed by atoms with van der Waals surface area (Å²) in [6, 6.07) is -0.748. The van der Waals surface area contributed by atoms with Crippen LogP contribution >= 0.6 is 0 Å². The number of hydrogen-bond donors (Lipinski definition) is 5. The molecule has 4 aliphatic rings. The molecule has 0 spiro atoms. The molecule has 18 heteroatoms. The van der Waals surface area contributed by atoms with Crippen LogP contribution in [0.1, 0.15) is 87.5 Å². The molecule has 4 aliphatic heterocycles. The first-order valence-electron chi connectivity index (χ1n) is 22.7. The van der Waals surface area contributed by atoms with E-state index in [0.29, 0.717) is 12.0 Å². The van der Waals surface area contributed by atoms with Crippen LogP contribution in [0.5, 0.6) is 0 Å². The van der Waals surface area contributed by atoms with E-state index in [1.165, 1.54) is 27.2 Å². The Morgan fingerprint density at radius 1 is 0.859 bits per heavy atom. The second kappa shape index (κ2) is 24.1. The third kappa shape index (κ3) is 13.5. The second-order valence-corrected chi connectivity index (χ2v) is 18.7. The molecule has 0 amide bonds. The number of ether oxygens (including phenoxy) is 9. The van der Waals surface area contributed by atoms with Crippen LogP contribution in [0, 0.1) is 23.7 Å². The topological polar surface area (TPSA) is 239 Å². The maximum Gasteiger partial charge on any atom is 0.308 e. The SMILES string of the molecule is CC[C@H]1OC(=O)C[C@@H](O)[C@H](C)[C@H](O[C@H]2O[C@H](C)[C@@H](O[C@H]3C[C@@](C)(O)[C@@H](O)[C@H](C)O3)[C@@H](N(C)C)[C@H]2O)[C@@H](CC=O)C[C@@H](C)C(=O)C=CC(C)=C[C@@H]1CO[C@@H]1O[C@H](C)[C@@H](O)[C@@H](OC)[C@H]1OC. The number of esters is 1. The first-order chi connectivity index (χ1) is 30.1. The van der Waals surface area contributed by atoms with Crippen LogP contribution in [-0.2, 0) is 57.0 Å². The molecular formula is C46H77NO17. The van der Waals surface area contributed by atoms with Crippen molar-refractivity contribution in [2.75, 3.05) is 34.9 Å². The minimum Gasteiger partial charge on any atom is -0.462 e. The highest BCUT2D eigenvalue weighted by Crippen LogP contribution is 2.37. The first kappa shape index (κ1) is 54.3. The Bertz CT molecular complexity index is 1560. The Kier molecular flexibility index (Phi) is 20.5. The monoisotopic (exact) mass is 916 g/mol. The van der Waals surface area contributed by atoms with Crippen molar-refractivity contribution in [1.29, 1.82) is 0 Å². The number of likely N-dealkylation sites (N-methyl/N-ethyl adjacent to an activating group) is 1. The molecule has 4 heterocycles. The van der Waals surface area contributed by atoms with Gasteiger partial charge < -0.3 is 77.9 Å². The second-order valence-electron chi connectivity index (χ2n) is 18.7. The normalized spacial score (nSPS) is 44.6. The third-order valence-corrected chi connectivity index (χ3v) is 13.4. The number of aliphatic hydroxyl groups excluding tert-OH is 4. The van der Waals surface area contributed by atoms with E-state index in [1.807, 2.05) is 19.9 Å². The highest BCUT2D eigenvalue weighted by atomic mass is 16.7. The Morgan fingerprint density at radius 2 is 1.52 bits per heavy atom. The number of carbonyl (C=O) groups excluding carboxylic acids is 3. The molecule has 18 nitrogen and oxygen atoms in total. The van der Waals surface area contributed by atoms with Gasteiger partial charge in [-0.2, -0.15) is 0 Å². The van der Waals surface area contributed by atoms with Crippen molar-refractivity contribution in [2.24, 2.45) is 23.7 Å². The molecule has 0 saturated carbocycles. The van der Waals surface area contributed by atoms with Gasteiger partial charge in [-0.05, 0) is 73.5 Å². The molecule has 0 bridgehead atoms. The van der Waals surface area contributed by atoms with Gasteiger partial charge in [-0.15, -0.1) is 0 Å². The van der Waals surface area contributed by atoms with Crippen molar-refractivity contribution in [3.05, 3.63) is 23.8 Å². The zero-order valence-electron chi connectivity index (χ0n) is 39.7. The summed E-state index contributed by atoms with van der Waals surface area (Å²) in [7, 11) is 6.43. The summed E-state index contributed by atoms with van der Waals surface area (Å²) in [4.78, 5) is 41.5. The molecule has 0 unspecified atom stereocenters. The lowest BCUT2D eigenvalue weighted by Crippen LogP contribution is -2.65. The van der Waals surface area contributed by atoms with Crippen LogP contribution in [-0.4, -0.2) is 187 Å². The number of rotatable bonds is 13. The van der Waals surface area contributed by atoms with E-state index >= 15 is 0 Å². The number of nitrogens with zero attached hydrogens (tertiary/aromatic N) is 1. The van der Waals surface area contributed by atoms with E-state index in [0.717, 1.165) is 6.29 Å². The zero-order valence-corrected chi connectivity index (χ0v) is 39.7. The summed E-state index contributed by atoms with van der Waals surface area (Å²) in [6.45, 7) is 13.6. The Balaban J connectivity index is 1.62. The summed E-state index contributed by atoms with van der Waals surface area (Å²) < 4.78 is 54.7. The van der Waals surface area contributed by atoms with Crippen molar-refractivity contribution in [2.45, 2.75) is 191 Å². The summed E-state index contributed by atoms with van der Waals surface area (Å²) in [6.07, 6.45) is -8.49. The number of aliphatic hydroxyl groups is 5. The van der Waals surface area contributed by atoms with Gasteiger partial charge >= 0.3 is 5.97 Å². The molecule has 0 aliphatic carbocycles. The van der Waals surface area contributed by atoms with E-state index in [4.69, 9.17) is 42.6 Å². The molecule has 0 aromatic rings. The molecule has 368 valence electrons. The molecule has 3 fully saturated rings. The average molecular weight is 916 g/mol. The summed E-state index contributed by atoms with van der Waals surface area (Å²) in [5.41, 5.74) is -0.806. The van der Waals surface area contributed by atoms with Gasteiger partial charge in [0.25, 0.3) is 0 Å². The summed E-state index contributed by atoms with van der Waals surface area (Å²) >= 11 is 0. The minimum atomic E-state index is -1.49. The smallest absolute Gasteiger partial charge is 0.308 e. The minimum absolute atomic E-state index is 0.00788. The molecule has 21 atom stereocenters. The van der Waals surface area contributed by atoms with Gasteiger partial charge in [-0.25, -0.2) is 0 Å². The maximum atomic E-state index is 13.8. The Labute approximate surface area is 378 Å². The number of hydrogen-bond acceptors (Lipinski definition) is 18. The van der Waals surface area contributed by atoms with Gasteiger partial charge in [0.2, 0.25) is 0 Å². The first-order valence-corrected chi connectivity index (χ1v) is 22.7. The highest BCUT2D eigenvalue weighted by molar-refractivity contribution is 5.91. The van der Waals surface area contributed by atoms with E-state index in [2.05, 4.69) is 0 Å². The predicted octanol–water partition coefficient (Wildman–Crippen LogP) is 1.83. The van der Waals surface area contributed by atoms with Crippen LogP contribution in [0.4, 0.5) is 0 Å². The van der Waals surface area contributed by atoms with Gasteiger partial charge in [0.1, 0.15) is 49.0 Å². The van der Waals surface area contributed by atoms with E-state index in [9.17, 15) is 39.9 Å². The van der Waals surface area contributed by atoms with Gasteiger partial charge in [0, 0.05) is 44.8 Å². The fraction of sp³-hybridized carbons (Fsp3) is 0.848. The lowest BCUT2D eigenvalue weighted by Gasteiger charge is -2.50. The molecule has 4 rings (SSSR count). The Morgan fingerprint density at radius 3 is 2.11 bits per heavy atom. The molecule has 64 heavy (non-hydrogen) atoms. The van der Waals surface area contributed by atoms with Crippen molar-refractivity contribution in [3.63, 3.8) is 0 Å². The molecule has 5 N–H and O–H groups in total. The maximum absolute atomic E-state index is 13.8.